The molecule has 0 fully saturated rings. The van der Waals surface area contributed by atoms with Gasteiger partial charge in [0.25, 0.3) is 5.91 Å². The summed E-state index contributed by atoms with van der Waals surface area (Å²) in [7, 11) is -3.76. The Hall–Kier alpha value is -2.79. The van der Waals surface area contributed by atoms with Gasteiger partial charge in [-0.05, 0) is 41.8 Å². The molecule has 0 unspecified atom stereocenters. The Labute approximate surface area is 175 Å². The average Bonchev–Trinajstić information content (AvgIpc) is 3.49. The second-order valence-corrected chi connectivity index (χ2v) is 9.47. The van der Waals surface area contributed by atoms with Gasteiger partial charge < -0.3 is 9.73 Å². The molecule has 148 valence electrons. The van der Waals surface area contributed by atoms with Crippen molar-refractivity contribution >= 4 is 44.3 Å². The monoisotopic (exact) mass is 445 g/mol. The van der Waals surface area contributed by atoms with E-state index < -0.39 is 15.9 Å². The summed E-state index contributed by atoms with van der Waals surface area (Å²) < 4.78 is 32.6. The van der Waals surface area contributed by atoms with Crippen LogP contribution >= 0.6 is 22.7 Å². The Morgan fingerprint density at radius 2 is 2.00 bits per heavy atom. The van der Waals surface area contributed by atoms with Crippen LogP contribution in [0.5, 0.6) is 0 Å². The Kier molecular flexibility index (Phi) is 5.58. The van der Waals surface area contributed by atoms with Gasteiger partial charge in [0.15, 0.2) is 0 Å². The number of aromatic nitrogens is 1. The molecular formula is C19H15N3O4S3. The minimum Gasteiger partial charge on any atom is -0.468 e. The maximum Gasteiger partial charge on any atom is 0.275 e. The summed E-state index contributed by atoms with van der Waals surface area (Å²) in [6.07, 6.45) is 1.47. The maximum atomic E-state index is 12.5. The first-order valence-electron chi connectivity index (χ1n) is 8.44. The summed E-state index contributed by atoms with van der Waals surface area (Å²) in [5.41, 5.74) is 0.643. The van der Waals surface area contributed by atoms with Crippen LogP contribution in [0.3, 0.4) is 0 Å². The van der Waals surface area contributed by atoms with Crippen molar-refractivity contribution in [2.24, 2.45) is 0 Å². The fourth-order valence-corrected chi connectivity index (χ4v) is 5.14. The summed E-state index contributed by atoms with van der Waals surface area (Å²) >= 11 is 2.93. The highest BCUT2D eigenvalue weighted by Crippen LogP contribution is 2.28. The van der Waals surface area contributed by atoms with Gasteiger partial charge in [-0.25, -0.2) is 18.1 Å². The number of thiazole rings is 1. The van der Waals surface area contributed by atoms with E-state index in [9.17, 15) is 13.2 Å². The van der Waals surface area contributed by atoms with Crippen LogP contribution in [0.2, 0.25) is 0 Å². The van der Waals surface area contributed by atoms with Crippen LogP contribution in [0.4, 0.5) is 5.69 Å². The number of carbonyl (C=O) groups excluding carboxylic acids is 1. The number of carbonyl (C=O) groups is 1. The van der Waals surface area contributed by atoms with Gasteiger partial charge in [0.1, 0.15) is 16.5 Å². The third-order valence-electron chi connectivity index (χ3n) is 3.89. The van der Waals surface area contributed by atoms with Crippen LogP contribution in [0, 0.1) is 0 Å². The number of anilines is 1. The van der Waals surface area contributed by atoms with E-state index in [1.807, 2.05) is 17.5 Å². The van der Waals surface area contributed by atoms with E-state index in [1.165, 1.54) is 29.7 Å². The Balaban J connectivity index is 1.46. The van der Waals surface area contributed by atoms with Crippen molar-refractivity contribution < 1.29 is 17.6 Å². The minimum absolute atomic E-state index is 0.0379. The van der Waals surface area contributed by atoms with Crippen LogP contribution in [-0.4, -0.2) is 19.3 Å². The fraction of sp³-hybridized carbons (Fsp3) is 0.0526. The molecule has 0 aliphatic carbocycles. The van der Waals surface area contributed by atoms with E-state index in [0.717, 1.165) is 9.88 Å². The molecule has 1 amide bonds. The average molecular weight is 446 g/mol. The van der Waals surface area contributed by atoms with Gasteiger partial charge in [-0.2, -0.15) is 0 Å². The summed E-state index contributed by atoms with van der Waals surface area (Å²) in [6.45, 7) is 0.0379. The van der Waals surface area contributed by atoms with Crippen LogP contribution in [0.25, 0.3) is 9.88 Å². The van der Waals surface area contributed by atoms with Gasteiger partial charge in [0, 0.05) is 11.1 Å². The minimum atomic E-state index is -3.76. The highest BCUT2D eigenvalue weighted by Gasteiger charge is 2.17. The SMILES string of the molecule is O=C(Nc1cccc(S(=O)(=O)NCc2ccco2)c1)c1csc(-c2cccs2)n1. The number of benzene rings is 1. The molecule has 0 bridgehead atoms. The van der Waals surface area contributed by atoms with Gasteiger partial charge in [-0.1, -0.05) is 12.1 Å². The van der Waals surface area contributed by atoms with E-state index in [1.54, 1.807) is 41.0 Å². The van der Waals surface area contributed by atoms with Crippen molar-refractivity contribution in [2.75, 3.05) is 5.32 Å². The number of amides is 1. The van der Waals surface area contributed by atoms with Gasteiger partial charge in [-0.3, -0.25) is 4.79 Å². The molecule has 2 N–H and O–H groups in total. The maximum absolute atomic E-state index is 12.5. The molecular weight excluding hydrogens is 430 g/mol. The molecule has 0 saturated carbocycles. The third-order valence-corrected chi connectivity index (χ3v) is 7.17. The van der Waals surface area contributed by atoms with E-state index in [2.05, 4.69) is 15.0 Å². The topological polar surface area (TPSA) is 101 Å². The molecule has 4 aromatic rings. The lowest BCUT2D eigenvalue weighted by molar-refractivity contribution is 0.102. The Morgan fingerprint density at radius 3 is 2.76 bits per heavy atom. The summed E-state index contributed by atoms with van der Waals surface area (Å²) in [6, 6.07) is 13.3. The van der Waals surface area contributed by atoms with Crippen LogP contribution in [-0.2, 0) is 16.6 Å². The highest BCUT2D eigenvalue weighted by molar-refractivity contribution is 7.89. The molecule has 0 saturated heterocycles. The van der Waals surface area contributed by atoms with Crippen molar-refractivity contribution in [3.05, 3.63) is 77.0 Å². The molecule has 4 rings (SSSR count). The van der Waals surface area contributed by atoms with Gasteiger partial charge in [0.05, 0.1) is 22.6 Å². The number of nitrogens with zero attached hydrogens (tertiary/aromatic N) is 1. The molecule has 3 aromatic heterocycles. The fourth-order valence-electron chi connectivity index (χ4n) is 2.49. The molecule has 29 heavy (non-hydrogen) atoms. The molecule has 0 aliphatic heterocycles. The number of rotatable bonds is 7. The van der Waals surface area contributed by atoms with E-state index in [4.69, 9.17) is 4.42 Å². The standard InChI is InChI=1S/C19H15N3O4S3/c23-18(16-12-28-19(22-16)17-7-3-9-27-17)21-13-4-1-6-15(10-13)29(24,25)20-11-14-5-2-8-26-14/h1-10,12,20H,11H2,(H,21,23). The number of sulfonamides is 1. The lowest BCUT2D eigenvalue weighted by Gasteiger charge is -2.08. The second-order valence-electron chi connectivity index (χ2n) is 5.90. The van der Waals surface area contributed by atoms with Crippen molar-refractivity contribution in [1.82, 2.24) is 9.71 Å². The molecule has 0 aliphatic rings. The zero-order chi connectivity index (χ0) is 20.3. The first kappa shape index (κ1) is 19.5. The predicted molar refractivity (Wildman–Crippen MR) is 113 cm³/mol. The van der Waals surface area contributed by atoms with Gasteiger partial charge in [-0.15, -0.1) is 22.7 Å². The molecule has 7 nitrogen and oxygen atoms in total. The Morgan fingerprint density at radius 1 is 1.10 bits per heavy atom. The summed E-state index contributed by atoms with van der Waals surface area (Å²) in [5, 5.41) is 7.09. The lowest BCUT2D eigenvalue weighted by atomic mass is 10.3. The van der Waals surface area contributed by atoms with Crippen LogP contribution in [0.1, 0.15) is 16.2 Å². The molecule has 0 atom stereocenters. The highest BCUT2D eigenvalue weighted by atomic mass is 32.2. The number of furan rings is 1. The molecule has 3 heterocycles. The molecule has 10 heteroatoms. The zero-order valence-corrected chi connectivity index (χ0v) is 17.3. The predicted octanol–water partition coefficient (Wildman–Crippen LogP) is 4.20. The largest absolute Gasteiger partial charge is 0.468 e. The van der Waals surface area contributed by atoms with E-state index >= 15 is 0 Å². The number of hydrogen-bond acceptors (Lipinski definition) is 7. The smallest absolute Gasteiger partial charge is 0.275 e. The normalized spacial score (nSPS) is 11.4. The summed E-state index contributed by atoms with van der Waals surface area (Å²) in [5.74, 6) is 0.102. The molecule has 1 aromatic carbocycles. The number of hydrogen-bond donors (Lipinski definition) is 2. The van der Waals surface area contributed by atoms with Gasteiger partial charge in [0.2, 0.25) is 10.0 Å². The second kappa shape index (κ2) is 8.29. The van der Waals surface area contributed by atoms with Crippen molar-refractivity contribution in [3.63, 3.8) is 0 Å². The third kappa shape index (κ3) is 4.62. The van der Waals surface area contributed by atoms with Crippen molar-refractivity contribution in [2.45, 2.75) is 11.4 Å². The lowest BCUT2D eigenvalue weighted by Crippen LogP contribution is -2.23. The molecule has 0 radical (unpaired) electrons. The van der Waals surface area contributed by atoms with Crippen LogP contribution in [0.15, 0.2) is 74.9 Å². The van der Waals surface area contributed by atoms with Crippen molar-refractivity contribution in [3.8, 4) is 9.88 Å². The zero-order valence-electron chi connectivity index (χ0n) is 14.9. The quantitative estimate of drug-likeness (QED) is 0.444. The van der Waals surface area contributed by atoms with Crippen LogP contribution < -0.4 is 10.0 Å². The van der Waals surface area contributed by atoms with Gasteiger partial charge >= 0.3 is 0 Å². The number of thiophene rings is 1. The summed E-state index contributed by atoms with van der Waals surface area (Å²) in [4.78, 5) is 17.9. The first-order chi connectivity index (χ1) is 14.0. The number of nitrogens with one attached hydrogen (secondary N) is 2. The Bertz CT molecular complexity index is 1210. The first-order valence-corrected chi connectivity index (χ1v) is 11.7. The molecule has 0 spiro atoms. The van der Waals surface area contributed by atoms with E-state index in [-0.39, 0.29) is 17.1 Å². The van der Waals surface area contributed by atoms with Crippen molar-refractivity contribution in [1.29, 1.82) is 0 Å². The van der Waals surface area contributed by atoms with E-state index in [0.29, 0.717) is 11.4 Å².